The standard InChI is InChI=1S/C12H20F3N3O2/c13-12(14,15)8-18-3-1-9(7-18)5-17-11(19)10-6-16-2-4-20-10/h9-10,16H,1-8H2,(H,17,19). The van der Waals surface area contributed by atoms with Crippen molar-refractivity contribution in [2.75, 3.05) is 45.9 Å². The van der Waals surface area contributed by atoms with Crippen molar-refractivity contribution in [3.05, 3.63) is 0 Å². The fourth-order valence-corrected chi connectivity index (χ4v) is 2.57. The van der Waals surface area contributed by atoms with Gasteiger partial charge < -0.3 is 15.4 Å². The average molecular weight is 295 g/mol. The molecule has 116 valence electrons. The smallest absolute Gasteiger partial charge is 0.366 e. The SMILES string of the molecule is O=C(NCC1CCN(CC(F)(F)F)C1)C1CNCCO1. The van der Waals surface area contributed by atoms with Gasteiger partial charge in [-0.05, 0) is 18.9 Å². The maximum atomic E-state index is 12.3. The van der Waals surface area contributed by atoms with Gasteiger partial charge in [-0.25, -0.2) is 0 Å². The highest BCUT2D eigenvalue weighted by Gasteiger charge is 2.34. The number of likely N-dealkylation sites (tertiary alicyclic amines) is 1. The van der Waals surface area contributed by atoms with Gasteiger partial charge in [0.1, 0.15) is 6.10 Å². The Labute approximate surface area is 115 Å². The van der Waals surface area contributed by atoms with Crippen LogP contribution in [0.1, 0.15) is 6.42 Å². The molecule has 0 aromatic rings. The number of nitrogens with one attached hydrogen (secondary N) is 2. The molecule has 5 nitrogen and oxygen atoms in total. The minimum Gasteiger partial charge on any atom is -0.366 e. The number of carbonyl (C=O) groups is 1. The van der Waals surface area contributed by atoms with Crippen LogP contribution < -0.4 is 10.6 Å². The Balaban J connectivity index is 1.66. The van der Waals surface area contributed by atoms with Crippen LogP contribution >= 0.6 is 0 Å². The zero-order chi connectivity index (χ0) is 14.6. The number of amides is 1. The first-order valence-corrected chi connectivity index (χ1v) is 6.83. The zero-order valence-corrected chi connectivity index (χ0v) is 11.2. The van der Waals surface area contributed by atoms with E-state index in [1.54, 1.807) is 0 Å². The van der Waals surface area contributed by atoms with Crippen LogP contribution in [0.3, 0.4) is 0 Å². The first kappa shape index (κ1) is 15.5. The Hall–Kier alpha value is -0.860. The molecule has 0 saturated carbocycles. The number of hydrogen-bond donors (Lipinski definition) is 2. The monoisotopic (exact) mass is 295 g/mol. The van der Waals surface area contributed by atoms with Crippen LogP contribution in [0.4, 0.5) is 13.2 Å². The van der Waals surface area contributed by atoms with Gasteiger partial charge in [0.05, 0.1) is 13.2 Å². The van der Waals surface area contributed by atoms with Crippen LogP contribution in [-0.4, -0.2) is 69.0 Å². The van der Waals surface area contributed by atoms with Gasteiger partial charge >= 0.3 is 6.18 Å². The molecule has 0 aromatic carbocycles. The molecule has 2 rings (SSSR count). The quantitative estimate of drug-likeness (QED) is 0.765. The fraction of sp³-hybridized carbons (Fsp3) is 0.917. The minimum absolute atomic E-state index is 0.0813. The van der Waals surface area contributed by atoms with Crippen LogP contribution in [0.15, 0.2) is 0 Å². The van der Waals surface area contributed by atoms with E-state index in [0.29, 0.717) is 39.2 Å². The van der Waals surface area contributed by atoms with Crippen molar-refractivity contribution < 1.29 is 22.7 Å². The Kier molecular flexibility index (Phi) is 5.22. The third kappa shape index (κ3) is 4.92. The van der Waals surface area contributed by atoms with Gasteiger partial charge in [-0.1, -0.05) is 0 Å². The predicted octanol–water partition coefficient (Wildman–Crippen LogP) is -0.0248. The molecule has 0 aliphatic carbocycles. The summed E-state index contributed by atoms with van der Waals surface area (Å²) in [7, 11) is 0. The molecule has 8 heteroatoms. The van der Waals surface area contributed by atoms with Gasteiger partial charge in [-0.3, -0.25) is 9.69 Å². The van der Waals surface area contributed by atoms with Gasteiger partial charge in [0.15, 0.2) is 0 Å². The number of ether oxygens (including phenoxy) is 1. The van der Waals surface area contributed by atoms with E-state index >= 15 is 0 Å². The van der Waals surface area contributed by atoms with Crippen molar-refractivity contribution >= 4 is 5.91 Å². The zero-order valence-electron chi connectivity index (χ0n) is 11.2. The number of alkyl halides is 3. The van der Waals surface area contributed by atoms with E-state index in [9.17, 15) is 18.0 Å². The Morgan fingerprint density at radius 2 is 2.25 bits per heavy atom. The summed E-state index contributed by atoms with van der Waals surface area (Å²) >= 11 is 0. The lowest BCUT2D eigenvalue weighted by atomic mass is 10.1. The Morgan fingerprint density at radius 3 is 2.90 bits per heavy atom. The largest absolute Gasteiger partial charge is 0.401 e. The van der Waals surface area contributed by atoms with E-state index in [1.807, 2.05) is 0 Å². The highest BCUT2D eigenvalue weighted by atomic mass is 19.4. The number of morpholine rings is 1. The molecule has 2 fully saturated rings. The summed E-state index contributed by atoms with van der Waals surface area (Å²) in [5.74, 6) is -0.107. The normalized spacial score (nSPS) is 28.6. The lowest BCUT2D eigenvalue weighted by molar-refractivity contribution is -0.144. The average Bonchev–Trinajstić information content (AvgIpc) is 2.82. The van der Waals surface area contributed by atoms with E-state index in [0.717, 1.165) is 6.54 Å². The molecular formula is C12H20F3N3O2. The van der Waals surface area contributed by atoms with Gasteiger partial charge in [-0.2, -0.15) is 13.2 Å². The van der Waals surface area contributed by atoms with Crippen molar-refractivity contribution in [2.45, 2.75) is 18.7 Å². The predicted molar refractivity (Wildman–Crippen MR) is 66.2 cm³/mol. The molecule has 2 N–H and O–H groups in total. The van der Waals surface area contributed by atoms with Crippen molar-refractivity contribution in [3.63, 3.8) is 0 Å². The van der Waals surface area contributed by atoms with Crippen LogP contribution in [0.25, 0.3) is 0 Å². The highest BCUT2D eigenvalue weighted by Crippen LogP contribution is 2.22. The molecule has 2 aliphatic heterocycles. The van der Waals surface area contributed by atoms with Gasteiger partial charge in [0, 0.05) is 26.2 Å². The first-order valence-electron chi connectivity index (χ1n) is 6.83. The number of nitrogens with zero attached hydrogens (tertiary/aromatic N) is 1. The molecule has 0 bridgehead atoms. The topological polar surface area (TPSA) is 53.6 Å². The summed E-state index contributed by atoms with van der Waals surface area (Å²) in [4.78, 5) is 13.2. The maximum absolute atomic E-state index is 12.3. The van der Waals surface area contributed by atoms with Crippen LogP contribution in [0, 0.1) is 5.92 Å². The second kappa shape index (κ2) is 6.73. The number of carbonyl (C=O) groups excluding carboxylic acids is 1. The molecule has 2 unspecified atom stereocenters. The summed E-state index contributed by atoms with van der Waals surface area (Å²) in [6.45, 7) is 2.07. The van der Waals surface area contributed by atoms with E-state index in [-0.39, 0.29) is 11.8 Å². The molecule has 0 spiro atoms. The summed E-state index contributed by atoms with van der Waals surface area (Å²) in [5, 5.41) is 5.82. The van der Waals surface area contributed by atoms with Crippen LogP contribution in [-0.2, 0) is 9.53 Å². The number of hydrogen-bond acceptors (Lipinski definition) is 4. The number of rotatable bonds is 4. The van der Waals surface area contributed by atoms with Crippen molar-refractivity contribution in [1.82, 2.24) is 15.5 Å². The maximum Gasteiger partial charge on any atom is 0.401 e. The lowest BCUT2D eigenvalue weighted by Gasteiger charge is -2.23. The molecule has 1 amide bonds. The van der Waals surface area contributed by atoms with Crippen molar-refractivity contribution in [2.24, 2.45) is 5.92 Å². The van der Waals surface area contributed by atoms with E-state index in [1.165, 1.54) is 4.90 Å². The molecule has 2 saturated heterocycles. The summed E-state index contributed by atoms with van der Waals surface area (Å²) in [5.41, 5.74) is 0. The van der Waals surface area contributed by atoms with Gasteiger partial charge in [-0.15, -0.1) is 0 Å². The molecule has 20 heavy (non-hydrogen) atoms. The second-order valence-electron chi connectivity index (χ2n) is 5.31. The summed E-state index contributed by atoms with van der Waals surface area (Å²) in [6.07, 6.45) is -3.96. The lowest BCUT2D eigenvalue weighted by Crippen LogP contribution is -2.48. The first-order chi connectivity index (χ1) is 9.44. The number of halogens is 3. The van der Waals surface area contributed by atoms with Crippen LogP contribution in [0.2, 0.25) is 0 Å². The molecule has 2 aliphatic rings. The molecule has 0 radical (unpaired) electrons. The minimum atomic E-state index is -4.15. The van der Waals surface area contributed by atoms with Gasteiger partial charge in [0.25, 0.3) is 0 Å². The summed E-state index contributed by atoms with van der Waals surface area (Å²) in [6, 6.07) is 0. The van der Waals surface area contributed by atoms with Crippen molar-refractivity contribution in [3.8, 4) is 0 Å². The van der Waals surface area contributed by atoms with E-state index in [2.05, 4.69) is 10.6 Å². The third-order valence-corrected chi connectivity index (χ3v) is 3.56. The fourth-order valence-electron chi connectivity index (χ4n) is 2.57. The molecular weight excluding hydrogens is 275 g/mol. The Morgan fingerprint density at radius 1 is 1.45 bits per heavy atom. The Bertz CT molecular complexity index is 332. The highest BCUT2D eigenvalue weighted by molar-refractivity contribution is 5.81. The second-order valence-corrected chi connectivity index (χ2v) is 5.31. The van der Waals surface area contributed by atoms with Gasteiger partial charge in [0.2, 0.25) is 5.91 Å². The van der Waals surface area contributed by atoms with Crippen molar-refractivity contribution in [1.29, 1.82) is 0 Å². The summed E-state index contributed by atoms with van der Waals surface area (Å²) < 4.78 is 42.1. The third-order valence-electron chi connectivity index (χ3n) is 3.56. The van der Waals surface area contributed by atoms with E-state index in [4.69, 9.17) is 4.74 Å². The molecule has 0 aromatic heterocycles. The molecule has 2 atom stereocenters. The van der Waals surface area contributed by atoms with E-state index < -0.39 is 18.8 Å². The van der Waals surface area contributed by atoms with Crippen LogP contribution in [0.5, 0.6) is 0 Å². The molecule has 2 heterocycles.